The minimum absolute atomic E-state index is 0.214. The van der Waals surface area contributed by atoms with Crippen LogP contribution in [0.2, 0.25) is 0 Å². The topological polar surface area (TPSA) is 36.4 Å². The van der Waals surface area contributed by atoms with E-state index >= 15 is 0 Å². The molecule has 1 aliphatic rings. The van der Waals surface area contributed by atoms with E-state index in [-0.39, 0.29) is 5.91 Å². The fraction of sp³-hybridized carbons (Fsp3) is 0.400. The normalized spacial score (nSPS) is 16.2. The molecule has 5 heteroatoms. The number of piperazine rings is 1. The number of terminal acetylenes is 1. The number of thiazole rings is 1. The Morgan fingerprint density at radius 2 is 2.20 bits per heavy atom. The van der Waals surface area contributed by atoms with Gasteiger partial charge in [0, 0.05) is 37.8 Å². The Labute approximate surface area is 92.5 Å². The van der Waals surface area contributed by atoms with Gasteiger partial charge in [0.1, 0.15) is 0 Å². The van der Waals surface area contributed by atoms with Crippen molar-refractivity contribution in [2.45, 2.75) is 0 Å². The van der Waals surface area contributed by atoms with Gasteiger partial charge in [0.05, 0.1) is 0 Å². The first kappa shape index (κ1) is 9.99. The summed E-state index contributed by atoms with van der Waals surface area (Å²) in [5.41, 5.74) is 0. The summed E-state index contributed by atoms with van der Waals surface area (Å²) in [6.45, 7) is 2.98. The number of carbonyl (C=O) groups excluding carboxylic acids is 1. The summed E-state index contributed by atoms with van der Waals surface area (Å²) in [7, 11) is 0. The molecule has 4 nitrogen and oxygen atoms in total. The van der Waals surface area contributed by atoms with Gasteiger partial charge in [0.15, 0.2) is 5.13 Å². The quantitative estimate of drug-likeness (QED) is 0.645. The molecular weight excluding hydrogens is 210 g/mol. The van der Waals surface area contributed by atoms with Crippen molar-refractivity contribution in [3.8, 4) is 12.3 Å². The lowest BCUT2D eigenvalue weighted by atomic mass is 10.3. The number of aromatic nitrogens is 1. The molecule has 2 rings (SSSR count). The Morgan fingerprint density at radius 3 is 2.73 bits per heavy atom. The SMILES string of the molecule is C#CC(=O)N1CCN(c2nccs2)CC1. The zero-order chi connectivity index (χ0) is 10.7. The Morgan fingerprint density at radius 1 is 1.47 bits per heavy atom. The van der Waals surface area contributed by atoms with Crippen LogP contribution < -0.4 is 4.90 Å². The van der Waals surface area contributed by atoms with Crippen molar-refractivity contribution in [3.05, 3.63) is 11.6 Å². The zero-order valence-electron chi connectivity index (χ0n) is 8.22. The van der Waals surface area contributed by atoms with Crippen LogP contribution in [0.15, 0.2) is 11.6 Å². The van der Waals surface area contributed by atoms with E-state index in [0.29, 0.717) is 13.1 Å². The van der Waals surface area contributed by atoms with E-state index in [2.05, 4.69) is 15.8 Å². The van der Waals surface area contributed by atoms with Gasteiger partial charge in [-0.25, -0.2) is 4.98 Å². The van der Waals surface area contributed by atoms with Crippen LogP contribution in [0, 0.1) is 12.3 Å². The van der Waals surface area contributed by atoms with Crippen molar-refractivity contribution in [3.63, 3.8) is 0 Å². The highest BCUT2D eigenvalue weighted by atomic mass is 32.1. The van der Waals surface area contributed by atoms with E-state index in [4.69, 9.17) is 6.42 Å². The maximum Gasteiger partial charge on any atom is 0.298 e. The predicted molar refractivity (Wildman–Crippen MR) is 59.7 cm³/mol. The first-order valence-electron chi connectivity index (χ1n) is 4.71. The van der Waals surface area contributed by atoms with Gasteiger partial charge < -0.3 is 9.80 Å². The van der Waals surface area contributed by atoms with E-state index in [9.17, 15) is 4.79 Å². The number of hydrogen-bond donors (Lipinski definition) is 0. The standard InChI is InChI=1S/C10H11N3OS/c1-2-9(14)12-4-6-13(7-5-12)10-11-3-8-15-10/h1,3,8H,4-7H2. The number of rotatable bonds is 1. The molecule has 0 spiro atoms. The number of nitrogens with zero attached hydrogens (tertiary/aromatic N) is 3. The molecule has 1 amide bonds. The summed E-state index contributed by atoms with van der Waals surface area (Å²) in [5.74, 6) is 1.93. The third-order valence-corrected chi connectivity index (χ3v) is 3.21. The van der Waals surface area contributed by atoms with Crippen molar-refractivity contribution < 1.29 is 4.79 Å². The molecule has 0 radical (unpaired) electrons. The van der Waals surface area contributed by atoms with Gasteiger partial charge in [-0.3, -0.25) is 4.79 Å². The van der Waals surface area contributed by atoms with Crippen LogP contribution in [-0.4, -0.2) is 42.0 Å². The monoisotopic (exact) mass is 221 g/mol. The van der Waals surface area contributed by atoms with Gasteiger partial charge in [0.2, 0.25) is 0 Å². The maximum absolute atomic E-state index is 11.2. The van der Waals surface area contributed by atoms with Crippen LogP contribution >= 0.6 is 11.3 Å². The molecule has 0 N–H and O–H groups in total. The highest BCUT2D eigenvalue weighted by Gasteiger charge is 2.20. The third-order valence-electron chi connectivity index (χ3n) is 2.38. The fourth-order valence-electron chi connectivity index (χ4n) is 1.56. The number of anilines is 1. The Bertz CT molecular complexity index is 374. The molecule has 0 unspecified atom stereocenters. The van der Waals surface area contributed by atoms with Crippen LogP contribution in [0.5, 0.6) is 0 Å². The summed E-state index contributed by atoms with van der Waals surface area (Å²) in [6.07, 6.45) is 6.86. The summed E-state index contributed by atoms with van der Waals surface area (Å²) >= 11 is 1.62. The smallest absolute Gasteiger partial charge is 0.298 e. The molecule has 1 fully saturated rings. The van der Waals surface area contributed by atoms with Crippen molar-refractivity contribution >= 4 is 22.4 Å². The van der Waals surface area contributed by atoms with Crippen LogP contribution in [0.3, 0.4) is 0 Å². The van der Waals surface area contributed by atoms with Crippen LogP contribution in [0.1, 0.15) is 0 Å². The van der Waals surface area contributed by atoms with Crippen molar-refractivity contribution in [1.29, 1.82) is 0 Å². The minimum Gasteiger partial charge on any atom is -0.345 e. The first-order chi connectivity index (χ1) is 7.31. The molecule has 2 heterocycles. The Hall–Kier alpha value is -1.54. The lowest BCUT2D eigenvalue weighted by Crippen LogP contribution is -2.48. The molecule has 1 aromatic heterocycles. The highest BCUT2D eigenvalue weighted by molar-refractivity contribution is 7.13. The van der Waals surface area contributed by atoms with E-state index in [0.717, 1.165) is 18.2 Å². The molecule has 78 valence electrons. The summed E-state index contributed by atoms with van der Waals surface area (Å²) in [5, 5.41) is 2.97. The summed E-state index contributed by atoms with van der Waals surface area (Å²) < 4.78 is 0. The largest absolute Gasteiger partial charge is 0.345 e. The second-order valence-electron chi connectivity index (χ2n) is 3.24. The van der Waals surface area contributed by atoms with Gasteiger partial charge in [-0.05, 0) is 5.92 Å². The molecule has 0 atom stereocenters. The molecule has 1 saturated heterocycles. The van der Waals surface area contributed by atoms with Gasteiger partial charge >= 0.3 is 0 Å². The molecule has 0 bridgehead atoms. The average molecular weight is 221 g/mol. The van der Waals surface area contributed by atoms with Crippen LogP contribution in [0.4, 0.5) is 5.13 Å². The molecule has 1 aliphatic heterocycles. The number of carbonyl (C=O) groups is 1. The van der Waals surface area contributed by atoms with E-state index < -0.39 is 0 Å². The van der Waals surface area contributed by atoms with Gasteiger partial charge in [-0.2, -0.15) is 0 Å². The minimum atomic E-state index is -0.214. The van der Waals surface area contributed by atoms with Crippen molar-refractivity contribution in [2.75, 3.05) is 31.1 Å². The summed E-state index contributed by atoms with van der Waals surface area (Å²) in [6, 6.07) is 0. The van der Waals surface area contributed by atoms with Crippen molar-refractivity contribution in [1.82, 2.24) is 9.88 Å². The maximum atomic E-state index is 11.2. The molecule has 0 aromatic carbocycles. The van der Waals surface area contributed by atoms with Gasteiger partial charge in [0.25, 0.3) is 5.91 Å². The lowest BCUT2D eigenvalue weighted by Gasteiger charge is -2.33. The number of amides is 1. The molecular formula is C10H11N3OS. The van der Waals surface area contributed by atoms with E-state index in [1.165, 1.54) is 0 Å². The first-order valence-corrected chi connectivity index (χ1v) is 5.59. The highest BCUT2D eigenvalue weighted by Crippen LogP contribution is 2.18. The van der Waals surface area contributed by atoms with Gasteiger partial charge in [-0.15, -0.1) is 17.8 Å². The molecule has 15 heavy (non-hydrogen) atoms. The van der Waals surface area contributed by atoms with Gasteiger partial charge in [-0.1, -0.05) is 0 Å². The van der Waals surface area contributed by atoms with Crippen LogP contribution in [0.25, 0.3) is 0 Å². The Kier molecular flexibility index (Phi) is 2.88. The number of hydrogen-bond acceptors (Lipinski definition) is 4. The average Bonchev–Trinajstić information content (AvgIpc) is 2.82. The fourth-order valence-corrected chi connectivity index (χ4v) is 2.26. The third kappa shape index (κ3) is 2.10. The second kappa shape index (κ2) is 4.32. The predicted octanol–water partition coefficient (Wildman–Crippen LogP) is 0.425. The molecule has 0 aliphatic carbocycles. The van der Waals surface area contributed by atoms with Crippen molar-refractivity contribution in [2.24, 2.45) is 0 Å². The lowest BCUT2D eigenvalue weighted by molar-refractivity contribution is -0.125. The summed E-state index contributed by atoms with van der Waals surface area (Å²) in [4.78, 5) is 19.3. The van der Waals surface area contributed by atoms with E-state index in [1.807, 2.05) is 5.38 Å². The zero-order valence-corrected chi connectivity index (χ0v) is 9.04. The second-order valence-corrected chi connectivity index (χ2v) is 4.11. The molecule has 1 aromatic rings. The molecule has 0 saturated carbocycles. The van der Waals surface area contributed by atoms with Crippen LogP contribution in [-0.2, 0) is 4.79 Å². The Balaban J connectivity index is 1.93. The van der Waals surface area contributed by atoms with E-state index in [1.54, 1.807) is 22.4 Å².